The summed E-state index contributed by atoms with van der Waals surface area (Å²) in [5.74, 6) is 0.434. The number of likely N-dealkylation sites (tertiary alicyclic amines) is 1. The first-order chi connectivity index (χ1) is 9.62. The molecule has 0 aromatic carbocycles. The van der Waals surface area contributed by atoms with Crippen molar-refractivity contribution in [1.82, 2.24) is 9.62 Å². The number of sulfonamides is 1. The molecule has 2 rings (SSSR count). The van der Waals surface area contributed by atoms with Crippen LogP contribution in [0.5, 0.6) is 0 Å². The Morgan fingerprint density at radius 2 is 2.20 bits per heavy atom. The van der Waals surface area contributed by atoms with E-state index in [2.05, 4.69) is 9.62 Å². The summed E-state index contributed by atoms with van der Waals surface area (Å²) in [4.78, 5) is 2.37. The van der Waals surface area contributed by atoms with Crippen molar-refractivity contribution in [3.05, 3.63) is 17.5 Å². The maximum absolute atomic E-state index is 12.0. The fraction of sp³-hybridized carbons (Fsp3) is 0.692. The zero-order valence-corrected chi connectivity index (χ0v) is 13.4. The van der Waals surface area contributed by atoms with Gasteiger partial charge in [-0.1, -0.05) is 6.07 Å². The highest BCUT2D eigenvalue weighted by molar-refractivity contribution is 7.91. The standard InChI is InChI=1S/C13H22N2O3S2/c1-18-9-8-15-6-4-12(5-7-15)11-14-20(16,17)13-3-2-10-19-13/h2-3,10,12,14H,4-9,11H2,1H3. The second-order valence-corrected chi connectivity index (χ2v) is 8.00. The van der Waals surface area contributed by atoms with Crippen molar-refractivity contribution < 1.29 is 13.2 Å². The molecule has 2 heterocycles. The lowest BCUT2D eigenvalue weighted by Gasteiger charge is -2.31. The van der Waals surface area contributed by atoms with Gasteiger partial charge in [0, 0.05) is 20.2 Å². The van der Waals surface area contributed by atoms with E-state index in [1.54, 1.807) is 24.6 Å². The van der Waals surface area contributed by atoms with Crippen molar-refractivity contribution in [2.75, 3.05) is 39.9 Å². The van der Waals surface area contributed by atoms with Crippen LogP contribution in [-0.4, -0.2) is 53.2 Å². The third-order valence-corrected chi connectivity index (χ3v) is 6.46. The number of ether oxygens (including phenoxy) is 1. The van der Waals surface area contributed by atoms with Crippen molar-refractivity contribution in [3.63, 3.8) is 0 Å². The van der Waals surface area contributed by atoms with E-state index in [9.17, 15) is 8.42 Å². The quantitative estimate of drug-likeness (QED) is 0.825. The molecule has 0 radical (unpaired) electrons. The van der Waals surface area contributed by atoms with E-state index in [1.165, 1.54) is 11.3 Å². The number of rotatable bonds is 7. The Morgan fingerprint density at radius 3 is 2.80 bits per heavy atom. The first kappa shape index (κ1) is 15.9. The molecule has 1 aromatic heterocycles. The summed E-state index contributed by atoms with van der Waals surface area (Å²) >= 11 is 1.25. The third-order valence-electron chi connectivity index (χ3n) is 3.64. The molecule has 1 N–H and O–H groups in total. The van der Waals surface area contributed by atoms with Gasteiger partial charge in [-0.05, 0) is 43.3 Å². The fourth-order valence-corrected chi connectivity index (χ4v) is 4.50. The van der Waals surface area contributed by atoms with Crippen molar-refractivity contribution in [2.45, 2.75) is 17.1 Å². The van der Waals surface area contributed by atoms with Gasteiger partial charge in [-0.3, -0.25) is 0 Å². The third kappa shape index (κ3) is 4.53. The number of hydrogen-bond donors (Lipinski definition) is 1. The molecule has 20 heavy (non-hydrogen) atoms. The summed E-state index contributed by atoms with van der Waals surface area (Å²) in [7, 11) is -1.59. The largest absolute Gasteiger partial charge is 0.383 e. The number of piperidine rings is 1. The molecule has 1 aromatic rings. The fourth-order valence-electron chi connectivity index (χ4n) is 2.35. The molecule has 0 bridgehead atoms. The summed E-state index contributed by atoms with van der Waals surface area (Å²) in [6.45, 7) is 4.31. The average Bonchev–Trinajstić information content (AvgIpc) is 2.99. The molecular formula is C13H22N2O3S2. The lowest BCUT2D eigenvalue weighted by atomic mass is 9.97. The molecule has 7 heteroatoms. The van der Waals surface area contributed by atoms with Gasteiger partial charge in [-0.15, -0.1) is 11.3 Å². The topological polar surface area (TPSA) is 58.6 Å². The second-order valence-electron chi connectivity index (χ2n) is 5.06. The van der Waals surface area contributed by atoms with Crippen LogP contribution in [0.25, 0.3) is 0 Å². The van der Waals surface area contributed by atoms with Gasteiger partial charge in [-0.25, -0.2) is 13.1 Å². The second kappa shape index (κ2) is 7.51. The molecule has 0 spiro atoms. The molecule has 114 valence electrons. The van der Waals surface area contributed by atoms with E-state index in [-0.39, 0.29) is 0 Å². The van der Waals surface area contributed by atoms with Gasteiger partial charge in [0.05, 0.1) is 6.61 Å². The molecule has 1 aliphatic heterocycles. The summed E-state index contributed by atoms with van der Waals surface area (Å²) < 4.78 is 32.2. The van der Waals surface area contributed by atoms with Crippen molar-refractivity contribution >= 4 is 21.4 Å². The van der Waals surface area contributed by atoms with Gasteiger partial charge >= 0.3 is 0 Å². The van der Waals surface area contributed by atoms with Gasteiger partial charge in [0.25, 0.3) is 0 Å². The van der Waals surface area contributed by atoms with Gasteiger partial charge < -0.3 is 9.64 Å². The molecule has 0 amide bonds. The predicted molar refractivity (Wildman–Crippen MR) is 80.5 cm³/mol. The van der Waals surface area contributed by atoms with Crippen LogP contribution in [0.15, 0.2) is 21.7 Å². The highest BCUT2D eigenvalue weighted by Crippen LogP contribution is 2.19. The minimum atomic E-state index is -3.31. The Morgan fingerprint density at radius 1 is 1.45 bits per heavy atom. The van der Waals surface area contributed by atoms with Crippen molar-refractivity contribution in [3.8, 4) is 0 Å². The number of nitrogens with zero attached hydrogens (tertiary/aromatic N) is 1. The van der Waals surface area contributed by atoms with Crippen LogP contribution in [-0.2, 0) is 14.8 Å². The van der Waals surface area contributed by atoms with Crippen LogP contribution in [0, 0.1) is 5.92 Å². The molecule has 0 atom stereocenters. The zero-order valence-electron chi connectivity index (χ0n) is 11.7. The summed E-state index contributed by atoms with van der Waals surface area (Å²) in [5, 5.41) is 1.78. The van der Waals surface area contributed by atoms with E-state index in [0.29, 0.717) is 16.7 Å². The Balaban J connectivity index is 1.74. The first-order valence-electron chi connectivity index (χ1n) is 6.86. The maximum Gasteiger partial charge on any atom is 0.250 e. The molecule has 1 fully saturated rings. The van der Waals surface area contributed by atoms with Crippen molar-refractivity contribution in [2.24, 2.45) is 5.92 Å². The molecule has 1 aliphatic rings. The molecular weight excluding hydrogens is 296 g/mol. The number of nitrogens with one attached hydrogen (secondary N) is 1. The Hall–Kier alpha value is -0.470. The van der Waals surface area contributed by atoms with Crippen LogP contribution >= 0.6 is 11.3 Å². The van der Waals surface area contributed by atoms with Gasteiger partial charge in [-0.2, -0.15) is 0 Å². The van der Waals surface area contributed by atoms with Crippen molar-refractivity contribution in [1.29, 1.82) is 0 Å². The highest BCUT2D eigenvalue weighted by Gasteiger charge is 2.22. The summed E-state index contributed by atoms with van der Waals surface area (Å²) in [6, 6.07) is 3.40. The van der Waals surface area contributed by atoms with Crippen LogP contribution in [0.1, 0.15) is 12.8 Å². The van der Waals surface area contributed by atoms with Crippen LogP contribution < -0.4 is 4.72 Å². The van der Waals surface area contributed by atoms with Crippen LogP contribution in [0.4, 0.5) is 0 Å². The zero-order chi connectivity index (χ0) is 14.4. The Kier molecular flexibility index (Phi) is 5.98. The molecule has 5 nitrogen and oxygen atoms in total. The summed E-state index contributed by atoms with van der Waals surface area (Å²) in [6.07, 6.45) is 2.08. The average molecular weight is 318 g/mol. The van der Waals surface area contributed by atoms with Gasteiger partial charge in [0.1, 0.15) is 4.21 Å². The van der Waals surface area contributed by atoms with E-state index in [0.717, 1.165) is 39.1 Å². The van der Waals surface area contributed by atoms with E-state index in [1.807, 2.05) is 0 Å². The minimum Gasteiger partial charge on any atom is -0.383 e. The van der Waals surface area contributed by atoms with Gasteiger partial charge in [0.15, 0.2) is 0 Å². The van der Waals surface area contributed by atoms with E-state index < -0.39 is 10.0 Å². The monoisotopic (exact) mass is 318 g/mol. The lowest BCUT2D eigenvalue weighted by Crippen LogP contribution is -2.39. The number of hydrogen-bond acceptors (Lipinski definition) is 5. The minimum absolute atomic E-state index is 0.398. The lowest BCUT2D eigenvalue weighted by molar-refractivity contribution is 0.121. The smallest absolute Gasteiger partial charge is 0.250 e. The SMILES string of the molecule is COCCN1CCC(CNS(=O)(=O)c2cccs2)CC1. The molecule has 0 unspecified atom stereocenters. The Bertz CT molecular complexity index is 480. The Labute approximate surface area is 125 Å². The predicted octanol–water partition coefficient (Wildman–Crippen LogP) is 1.38. The maximum atomic E-state index is 12.0. The number of thiophene rings is 1. The summed E-state index contributed by atoms with van der Waals surface area (Å²) in [5.41, 5.74) is 0. The van der Waals surface area contributed by atoms with Gasteiger partial charge in [0.2, 0.25) is 10.0 Å². The van der Waals surface area contributed by atoms with E-state index in [4.69, 9.17) is 4.74 Å². The van der Waals surface area contributed by atoms with Crippen LogP contribution in [0.2, 0.25) is 0 Å². The molecule has 0 aliphatic carbocycles. The van der Waals surface area contributed by atoms with Crippen LogP contribution in [0.3, 0.4) is 0 Å². The normalized spacial score (nSPS) is 18.4. The molecule has 0 saturated carbocycles. The highest BCUT2D eigenvalue weighted by atomic mass is 32.2. The van der Waals surface area contributed by atoms with E-state index >= 15 is 0 Å². The molecule has 1 saturated heterocycles. The number of methoxy groups -OCH3 is 1. The first-order valence-corrected chi connectivity index (χ1v) is 9.22.